The molecule has 6 heteroatoms. The van der Waals surface area contributed by atoms with Gasteiger partial charge in [-0.1, -0.05) is 47.5 Å². The van der Waals surface area contributed by atoms with Gasteiger partial charge in [-0.05, 0) is 25.1 Å². The number of halogens is 1. The molecule has 0 spiro atoms. The minimum atomic E-state index is -0.149. The minimum Gasteiger partial charge on any atom is -0.441 e. The van der Waals surface area contributed by atoms with Crippen molar-refractivity contribution in [2.24, 2.45) is 0 Å². The van der Waals surface area contributed by atoms with Crippen molar-refractivity contribution in [3.63, 3.8) is 0 Å². The van der Waals surface area contributed by atoms with Crippen molar-refractivity contribution in [1.82, 2.24) is 9.97 Å². The number of fused-ring (bicyclic) bond motifs is 1. The summed E-state index contributed by atoms with van der Waals surface area (Å²) in [4.78, 5) is 21.0. The van der Waals surface area contributed by atoms with Gasteiger partial charge in [-0.15, -0.1) is 0 Å². The van der Waals surface area contributed by atoms with Crippen LogP contribution in [-0.2, 0) is 11.2 Å². The molecule has 2 aromatic carbocycles. The van der Waals surface area contributed by atoms with Crippen molar-refractivity contribution in [3.8, 4) is 11.3 Å². The minimum absolute atomic E-state index is 0.149. The molecule has 0 saturated heterocycles. The van der Waals surface area contributed by atoms with Gasteiger partial charge in [0.05, 0.1) is 17.4 Å². The van der Waals surface area contributed by atoms with E-state index in [1.165, 1.54) is 5.56 Å². The molecule has 2 aromatic heterocycles. The molecule has 0 fully saturated rings. The number of aromatic nitrogens is 2. The van der Waals surface area contributed by atoms with Crippen LogP contribution < -0.4 is 5.32 Å². The highest BCUT2D eigenvalue weighted by Crippen LogP contribution is 2.26. The number of rotatable bonds is 5. The van der Waals surface area contributed by atoms with Crippen molar-refractivity contribution in [1.29, 1.82) is 0 Å². The molecule has 0 aliphatic heterocycles. The van der Waals surface area contributed by atoms with E-state index < -0.39 is 0 Å². The molecule has 0 atom stereocenters. The Hall–Kier alpha value is -3.18. The zero-order valence-corrected chi connectivity index (χ0v) is 16.0. The summed E-state index contributed by atoms with van der Waals surface area (Å²) in [5, 5.41) is 4.31. The molecular weight excluding hydrogens is 374 g/mol. The average molecular weight is 392 g/mol. The van der Waals surface area contributed by atoms with Gasteiger partial charge < -0.3 is 9.73 Å². The highest BCUT2D eigenvalue weighted by atomic mass is 35.5. The SMILES string of the molecule is Cc1ccc(-c2cnc(CCC(=O)Nc3cc(Cl)cc4cccnc34)o2)cc1. The van der Waals surface area contributed by atoms with E-state index >= 15 is 0 Å². The molecule has 1 N–H and O–H groups in total. The topological polar surface area (TPSA) is 68.0 Å². The van der Waals surface area contributed by atoms with Gasteiger partial charge in [-0.25, -0.2) is 4.98 Å². The quantitative estimate of drug-likeness (QED) is 0.493. The number of pyridine rings is 1. The molecule has 5 nitrogen and oxygen atoms in total. The van der Waals surface area contributed by atoms with Crippen LogP contribution >= 0.6 is 11.6 Å². The van der Waals surface area contributed by atoms with Gasteiger partial charge in [0.2, 0.25) is 5.91 Å². The fourth-order valence-corrected chi connectivity index (χ4v) is 3.19. The molecule has 0 bridgehead atoms. The molecule has 28 heavy (non-hydrogen) atoms. The Balaban J connectivity index is 1.42. The summed E-state index contributed by atoms with van der Waals surface area (Å²) >= 11 is 6.15. The zero-order valence-electron chi connectivity index (χ0n) is 15.3. The lowest BCUT2D eigenvalue weighted by molar-refractivity contribution is -0.116. The number of aryl methyl sites for hydroxylation is 2. The maximum Gasteiger partial charge on any atom is 0.224 e. The van der Waals surface area contributed by atoms with E-state index in [1.54, 1.807) is 18.5 Å². The van der Waals surface area contributed by atoms with Crippen molar-refractivity contribution in [2.75, 3.05) is 5.32 Å². The van der Waals surface area contributed by atoms with E-state index in [1.807, 2.05) is 49.4 Å². The van der Waals surface area contributed by atoms with Crippen LogP contribution in [-0.4, -0.2) is 15.9 Å². The fourth-order valence-electron chi connectivity index (χ4n) is 2.96. The van der Waals surface area contributed by atoms with E-state index in [0.717, 1.165) is 10.9 Å². The Kier molecular flexibility index (Phi) is 5.08. The second-order valence-corrected chi connectivity index (χ2v) is 7.00. The lowest BCUT2D eigenvalue weighted by Crippen LogP contribution is -2.13. The number of hydrogen-bond donors (Lipinski definition) is 1. The van der Waals surface area contributed by atoms with E-state index in [4.69, 9.17) is 16.0 Å². The number of hydrogen-bond acceptors (Lipinski definition) is 4. The molecule has 4 aromatic rings. The first-order valence-corrected chi connectivity index (χ1v) is 9.32. The van der Waals surface area contributed by atoms with Crippen LogP contribution in [0.4, 0.5) is 5.69 Å². The van der Waals surface area contributed by atoms with Gasteiger partial charge >= 0.3 is 0 Å². The average Bonchev–Trinajstić information content (AvgIpc) is 3.16. The van der Waals surface area contributed by atoms with Gasteiger partial charge in [-0.3, -0.25) is 9.78 Å². The summed E-state index contributed by atoms with van der Waals surface area (Å²) in [6.07, 6.45) is 4.02. The van der Waals surface area contributed by atoms with E-state index in [2.05, 4.69) is 15.3 Å². The maximum absolute atomic E-state index is 12.4. The summed E-state index contributed by atoms with van der Waals surface area (Å²) in [5.41, 5.74) is 3.45. The van der Waals surface area contributed by atoms with Crippen LogP contribution in [0.25, 0.3) is 22.2 Å². The smallest absolute Gasteiger partial charge is 0.224 e. The predicted octanol–water partition coefficient (Wildman–Crippen LogP) is 5.42. The number of oxazole rings is 1. The molecule has 0 aliphatic carbocycles. The number of benzene rings is 2. The van der Waals surface area contributed by atoms with Crippen LogP contribution in [0.15, 0.2) is 65.3 Å². The molecule has 0 aliphatic rings. The predicted molar refractivity (Wildman–Crippen MR) is 110 cm³/mol. The lowest BCUT2D eigenvalue weighted by Gasteiger charge is -2.08. The second kappa shape index (κ2) is 7.82. The normalized spacial score (nSPS) is 10.9. The van der Waals surface area contributed by atoms with E-state index in [9.17, 15) is 4.79 Å². The van der Waals surface area contributed by atoms with Gasteiger partial charge in [-0.2, -0.15) is 0 Å². The second-order valence-electron chi connectivity index (χ2n) is 6.56. The molecule has 0 saturated carbocycles. The number of amides is 1. The maximum atomic E-state index is 12.4. The Morgan fingerprint density at radius 2 is 1.96 bits per heavy atom. The van der Waals surface area contributed by atoms with Crippen molar-refractivity contribution in [2.45, 2.75) is 19.8 Å². The Morgan fingerprint density at radius 3 is 2.79 bits per heavy atom. The number of nitrogens with one attached hydrogen (secondary N) is 1. The summed E-state index contributed by atoms with van der Waals surface area (Å²) in [7, 11) is 0. The summed E-state index contributed by atoms with van der Waals surface area (Å²) < 4.78 is 5.77. The fraction of sp³-hybridized carbons (Fsp3) is 0.136. The first kappa shape index (κ1) is 18.2. The van der Waals surface area contributed by atoms with Crippen molar-refractivity contribution in [3.05, 3.63) is 77.4 Å². The first-order valence-electron chi connectivity index (χ1n) is 8.94. The molecule has 1 amide bonds. The molecular formula is C22H18ClN3O2. The summed E-state index contributed by atoms with van der Waals surface area (Å²) in [6, 6.07) is 15.3. The summed E-state index contributed by atoms with van der Waals surface area (Å²) in [5.74, 6) is 1.07. The largest absolute Gasteiger partial charge is 0.441 e. The number of carbonyl (C=O) groups excluding carboxylic acids is 1. The number of anilines is 1. The van der Waals surface area contributed by atoms with Crippen molar-refractivity contribution >= 4 is 34.1 Å². The summed E-state index contributed by atoms with van der Waals surface area (Å²) in [6.45, 7) is 2.03. The molecule has 140 valence electrons. The van der Waals surface area contributed by atoms with E-state index in [0.29, 0.717) is 34.3 Å². The molecule has 0 unspecified atom stereocenters. The van der Waals surface area contributed by atoms with Gasteiger partial charge in [0.25, 0.3) is 0 Å². The van der Waals surface area contributed by atoms with Crippen molar-refractivity contribution < 1.29 is 9.21 Å². The lowest BCUT2D eigenvalue weighted by atomic mass is 10.1. The van der Waals surface area contributed by atoms with Crippen LogP contribution in [0.1, 0.15) is 17.9 Å². The third-order valence-electron chi connectivity index (χ3n) is 4.40. The Bertz CT molecular complexity index is 1140. The molecule has 0 radical (unpaired) electrons. The monoisotopic (exact) mass is 391 g/mol. The first-order chi connectivity index (χ1) is 13.6. The van der Waals surface area contributed by atoms with Crippen LogP contribution in [0.3, 0.4) is 0 Å². The third kappa shape index (κ3) is 4.05. The standard InChI is InChI=1S/C22H18ClN3O2/c1-14-4-6-15(7-5-14)19-13-25-21(28-19)9-8-20(27)26-18-12-17(23)11-16-3-2-10-24-22(16)18/h2-7,10-13H,8-9H2,1H3,(H,26,27). The third-order valence-corrected chi connectivity index (χ3v) is 4.62. The van der Waals surface area contributed by atoms with Gasteiger partial charge in [0.15, 0.2) is 11.7 Å². The number of carbonyl (C=O) groups is 1. The van der Waals surface area contributed by atoms with Gasteiger partial charge in [0, 0.05) is 35.0 Å². The van der Waals surface area contributed by atoms with Crippen LogP contribution in [0.2, 0.25) is 5.02 Å². The zero-order chi connectivity index (χ0) is 19.5. The Morgan fingerprint density at radius 1 is 1.14 bits per heavy atom. The Labute approximate surface area is 167 Å². The highest BCUT2D eigenvalue weighted by molar-refractivity contribution is 6.32. The highest BCUT2D eigenvalue weighted by Gasteiger charge is 2.11. The molecule has 4 rings (SSSR count). The van der Waals surface area contributed by atoms with Crippen LogP contribution in [0.5, 0.6) is 0 Å². The van der Waals surface area contributed by atoms with Gasteiger partial charge in [0.1, 0.15) is 0 Å². The number of nitrogens with zero attached hydrogens (tertiary/aromatic N) is 2. The molecule has 2 heterocycles. The van der Waals surface area contributed by atoms with E-state index in [-0.39, 0.29) is 12.3 Å². The van der Waals surface area contributed by atoms with Crippen LogP contribution in [0, 0.1) is 6.92 Å².